The van der Waals surface area contributed by atoms with Gasteiger partial charge in [0, 0.05) is 43.7 Å². The summed E-state index contributed by atoms with van der Waals surface area (Å²) in [6.07, 6.45) is 0.173. The molecule has 0 spiro atoms. The van der Waals surface area contributed by atoms with E-state index in [4.69, 9.17) is 14.8 Å². The molecule has 34 heavy (non-hydrogen) atoms. The fourth-order valence-electron chi connectivity index (χ4n) is 4.86. The number of nitrogens with one attached hydrogen (secondary N) is 1. The molecule has 1 fully saturated rings. The molecule has 1 aliphatic carbocycles. The fourth-order valence-corrected chi connectivity index (χ4v) is 5.82. The Hall–Kier alpha value is -3.53. The number of rotatable bonds is 6. The first-order chi connectivity index (χ1) is 16.3. The van der Waals surface area contributed by atoms with Gasteiger partial charge in [0.25, 0.3) is 5.91 Å². The van der Waals surface area contributed by atoms with Gasteiger partial charge in [-0.15, -0.1) is 11.3 Å². The van der Waals surface area contributed by atoms with Crippen LogP contribution in [0.15, 0.2) is 29.6 Å². The number of carbonyl (C=O) groups is 2. The largest absolute Gasteiger partial charge is 0.494 e. The Morgan fingerprint density at radius 3 is 2.76 bits per heavy atom. The molecule has 1 aromatic carbocycles. The summed E-state index contributed by atoms with van der Waals surface area (Å²) in [5, 5.41) is 14.6. The average Bonchev–Trinajstić information content (AvgIpc) is 3.46. The number of nitrogens with zero attached hydrogens (tertiary/aromatic N) is 4. The number of hydrogen-bond acceptors (Lipinski definition) is 5. The zero-order valence-electron chi connectivity index (χ0n) is 19.5. The normalized spacial score (nSPS) is 17.6. The third-order valence-corrected chi connectivity index (χ3v) is 7.71. The number of hydrogen-bond donors (Lipinski definition) is 2. The molecule has 5 rings (SSSR count). The van der Waals surface area contributed by atoms with Crippen molar-refractivity contribution in [2.75, 3.05) is 14.2 Å². The summed E-state index contributed by atoms with van der Waals surface area (Å²) in [5.41, 5.74) is 3.05. The number of aromatic nitrogens is 3. The number of ether oxygens (including phenoxy) is 1. The standard InChI is InChI=1S/C24H27N5O4S/c1-5-29-18(9-13-6-7-34-23(13)29)21-26-17-8-14(10-19(33-4)20(17)28(21)3)22(30)27(2)16-11-15(12-16)25-24(31)32/h6-10,15-16,25H,5,11-12H2,1-4H3,(H,31,32). The molecule has 1 saturated carbocycles. The van der Waals surface area contributed by atoms with Crippen LogP contribution in [0.3, 0.4) is 0 Å². The van der Waals surface area contributed by atoms with E-state index < -0.39 is 6.09 Å². The van der Waals surface area contributed by atoms with Gasteiger partial charge in [0.1, 0.15) is 16.1 Å². The second kappa shape index (κ2) is 8.35. The van der Waals surface area contributed by atoms with E-state index in [0.717, 1.165) is 23.6 Å². The fraction of sp³-hybridized carbons (Fsp3) is 0.375. The number of benzene rings is 1. The summed E-state index contributed by atoms with van der Waals surface area (Å²) >= 11 is 1.71. The highest BCUT2D eigenvalue weighted by Gasteiger charge is 2.35. The smallest absolute Gasteiger partial charge is 0.404 e. The number of carboxylic acid groups (broad SMARTS) is 1. The predicted octanol–water partition coefficient (Wildman–Crippen LogP) is 4.16. The molecule has 0 atom stereocenters. The maximum absolute atomic E-state index is 13.3. The van der Waals surface area contributed by atoms with E-state index in [1.807, 2.05) is 17.7 Å². The molecule has 0 bridgehead atoms. The lowest BCUT2D eigenvalue weighted by atomic mass is 9.85. The second-order valence-electron chi connectivity index (χ2n) is 8.68. The van der Waals surface area contributed by atoms with Crippen LogP contribution in [0.4, 0.5) is 4.79 Å². The number of methoxy groups -OCH3 is 1. The van der Waals surface area contributed by atoms with Gasteiger partial charge in [-0.1, -0.05) is 0 Å². The molecular weight excluding hydrogens is 454 g/mol. The molecule has 9 nitrogen and oxygen atoms in total. The van der Waals surface area contributed by atoms with E-state index in [1.54, 1.807) is 36.5 Å². The van der Waals surface area contributed by atoms with Gasteiger partial charge in [0.05, 0.1) is 18.3 Å². The number of fused-ring (bicyclic) bond motifs is 2. The van der Waals surface area contributed by atoms with Gasteiger partial charge in [-0.2, -0.15) is 0 Å². The first kappa shape index (κ1) is 22.3. The molecule has 0 unspecified atom stereocenters. The van der Waals surface area contributed by atoms with Crippen molar-refractivity contribution in [1.29, 1.82) is 0 Å². The molecule has 2 N–H and O–H groups in total. The van der Waals surface area contributed by atoms with Crippen molar-refractivity contribution in [1.82, 2.24) is 24.3 Å². The van der Waals surface area contributed by atoms with Gasteiger partial charge in [-0.05, 0) is 49.4 Å². The summed E-state index contributed by atoms with van der Waals surface area (Å²) in [7, 11) is 5.31. The zero-order chi connectivity index (χ0) is 24.1. The summed E-state index contributed by atoms with van der Waals surface area (Å²) in [5.74, 6) is 1.27. The third-order valence-electron chi connectivity index (χ3n) is 6.76. The van der Waals surface area contributed by atoms with Gasteiger partial charge in [0.15, 0.2) is 5.82 Å². The Morgan fingerprint density at radius 1 is 1.32 bits per heavy atom. The summed E-state index contributed by atoms with van der Waals surface area (Å²) < 4.78 is 9.95. The Morgan fingerprint density at radius 2 is 2.09 bits per heavy atom. The van der Waals surface area contributed by atoms with Crippen LogP contribution in [0.1, 0.15) is 30.1 Å². The van der Waals surface area contributed by atoms with Crippen LogP contribution in [0, 0.1) is 0 Å². The van der Waals surface area contributed by atoms with Crippen LogP contribution in [0.25, 0.3) is 32.8 Å². The van der Waals surface area contributed by atoms with Crippen LogP contribution >= 0.6 is 11.3 Å². The van der Waals surface area contributed by atoms with Crippen molar-refractivity contribution in [3.63, 3.8) is 0 Å². The minimum atomic E-state index is -1.03. The predicted molar refractivity (Wildman–Crippen MR) is 132 cm³/mol. The van der Waals surface area contributed by atoms with Crippen molar-refractivity contribution in [2.45, 2.75) is 38.4 Å². The lowest BCUT2D eigenvalue weighted by Gasteiger charge is -2.40. The van der Waals surface area contributed by atoms with Crippen molar-refractivity contribution in [3.8, 4) is 17.3 Å². The molecular formula is C24H27N5O4S. The lowest BCUT2D eigenvalue weighted by molar-refractivity contribution is 0.0598. The van der Waals surface area contributed by atoms with Crippen LogP contribution in [0.2, 0.25) is 0 Å². The number of carbonyl (C=O) groups excluding carboxylic acids is 1. The van der Waals surface area contributed by atoms with Crippen molar-refractivity contribution >= 4 is 44.6 Å². The van der Waals surface area contributed by atoms with Crippen LogP contribution in [-0.4, -0.2) is 62.4 Å². The average molecular weight is 482 g/mol. The topological polar surface area (TPSA) is 102 Å². The number of aryl methyl sites for hydroxylation is 2. The minimum Gasteiger partial charge on any atom is -0.494 e. The highest BCUT2D eigenvalue weighted by molar-refractivity contribution is 7.16. The van der Waals surface area contributed by atoms with Gasteiger partial charge in [-0.25, -0.2) is 9.78 Å². The molecule has 0 saturated heterocycles. The molecule has 4 aromatic rings. The van der Waals surface area contributed by atoms with Crippen LogP contribution in [-0.2, 0) is 13.6 Å². The van der Waals surface area contributed by atoms with Crippen LogP contribution < -0.4 is 10.1 Å². The Labute approximate surface area is 200 Å². The molecule has 10 heteroatoms. The van der Waals surface area contributed by atoms with E-state index in [0.29, 0.717) is 29.7 Å². The van der Waals surface area contributed by atoms with Gasteiger partial charge in [0.2, 0.25) is 0 Å². The minimum absolute atomic E-state index is 0.00823. The van der Waals surface area contributed by atoms with Crippen molar-refractivity contribution < 1.29 is 19.4 Å². The first-order valence-corrected chi connectivity index (χ1v) is 12.1. The van der Waals surface area contributed by atoms with Crippen molar-refractivity contribution in [2.24, 2.45) is 7.05 Å². The zero-order valence-corrected chi connectivity index (χ0v) is 20.3. The van der Waals surface area contributed by atoms with E-state index in [2.05, 4.69) is 34.3 Å². The maximum Gasteiger partial charge on any atom is 0.404 e. The van der Waals surface area contributed by atoms with Crippen molar-refractivity contribution in [3.05, 3.63) is 35.2 Å². The number of thiophene rings is 1. The molecule has 178 valence electrons. The Kier molecular flexibility index (Phi) is 5.47. The van der Waals surface area contributed by atoms with Gasteiger partial charge >= 0.3 is 6.09 Å². The molecule has 0 radical (unpaired) electrons. The highest BCUT2D eigenvalue weighted by atomic mass is 32.1. The summed E-state index contributed by atoms with van der Waals surface area (Å²) in [6.45, 7) is 2.95. The maximum atomic E-state index is 13.3. The Bertz CT molecular complexity index is 1410. The quantitative estimate of drug-likeness (QED) is 0.431. The lowest BCUT2D eigenvalue weighted by Crippen LogP contribution is -2.54. The number of amides is 2. The SMILES string of the molecule is CCn1c(-c2nc3cc(C(=O)N(C)C4CC(NC(=O)O)C4)cc(OC)c3n2C)cc2ccsc21. The second-order valence-corrected chi connectivity index (χ2v) is 9.58. The van der Waals surface area contributed by atoms with E-state index in [1.165, 1.54) is 10.2 Å². The molecule has 0 aliphatic heterocycles. The highest BCUT2D eigenvalue weighted by Crippen LogP contribution is 2.36. The van der Waals surface area contributed by atoms with Gasteiger partial charge < -0.3 is 29.2 Å². The molecule has 2 amide bonds. The Balaban J connectivity index is 1.50. The van der Waals surface area contributed by atoms with E-state index >= 15 is 0 Å². The monoisotopic (exact) mass is 481 g/mol. The third kappa shape index (κ3) is 3.49. The molecule has 3 heterocycles. The molecule has 1 aliphatic rings. The summed E-state index contributed by atoms with van der Waals surface area (Å²) in [6, 6.07) is 7.72. The molecule has 3 aromatic heterocycles. The summed E-state index contributed by atoms with van der Waals surface area (Å²) in [4.78, 5) is 31.9. The van der Waals surface area contributed by atoms with E-state index in [9.17, 15) is 9.59 Å². The van der Waals surface area contributed by atoms with Crippen LogP contribution in [0.5, 0.6) is 5.75 Å². The van der Waals surface area contributed by atoms with E-state index in [-0.39, 0.29) is 18.0 Å². The first-order valence-electron chi connectivity index (χ1n) is 11.2. The van der Waals surface area contributed by atoms with Gasteiger partial charge in [-0.3, -0.25) is 4.79 Å². The number of imidazole rings is 1.